The van der Waals surface area contributed by atoms with Gasteiger partial charge < -0.3 is 15.8 Å². The molecule has 0 aliphatic rings. The highest BCUT2D eigenvalue weighted by Crippen LogP contribution is 2.17. The highest BCUT2D eigenvalue weighted by atomic mass is 16.5. The number of carbonyl (C=O) groups is 1. The summed E-state index contributed by atoms with van der Waals surface area (Å²) in [5, 5.41) is 2.78. The van der Waals surface area contributed by atoms with Crippen LogP contribution >= 0.6 is 0 Å². The Morgan fingerprint density at radius 2 is 2.06 bits per heavy atom. The number of methoxy groups -OCH3 is 1. The zero-order chi connectivity index (χ0) is 12.9. The maximum Gasteiger partial charge on any atom is 0.244 e. The van der Waals surface area contributed by atoms with Gasteiger partial charge in [0.1, 0.15) is 5.54 Å². The van der Waals surface area contributed by atoms with Crippen LogP contribution in [0.5, 0.6) is 0 Å². The van der Waals surface area contributed by atoms with Crippen LogP contribution in [0.1, 0.15) is 19.4 Å². The van der Waals surface area contributed by atoms with Crippen LogP contribution in [0, 0.1) is 0 Å². The lowest BCUT2D eigenvalue weighted by Crippen LogP contribution is -2.50. The van der Waals surface area contributed by atoms with E-state index < -0.39 is 5.54 Å². The first kappa shape index (κ1) is 13.7. The van der Waals surface area contributed by atoms with Crippen molar-refractivity contribution >= 4 is 5.91 Å². The fourth-order valence-corrected chi connectivity index (χ4v) is 1.42. The summed E-state index contributed by atoms with van der Waals surface area (Å²) in [6.45, 7) is 4.04. The van der Waals surface area contributed by atoms with E-state index in [0.29, 0.717) is 6.54 Å². The maximum absolute atomic E-state index is 12.0. The number of benzene rings is 1. The van der Waals surface area contributed by atoms with Crippen LogP contribution in [0.3, 0.4) is 0 Å². The summed E-state index contributed by atoms with van der Waals surface area (Å²) in [4.78, 5) is 12.0. The Bertz CT molecular complexity index is 363. The molecule has 94 valence electrons. The quantitative estimate of drug-likeness (QED) is 0.802. The number of amides is 1. The molecular formula is C13H20N2O2. The second-order valence-electron chi connectivity index (χ2n) is 4.32. The molecule has 0 saturated heterocycles. The van der Waals surface area contributed by atoms with Gasteiger partial charge >= 0.3 is 0 Å². The van der Waals surface area contributed by atoms with E-state index in [4.69, 9.17) is 10.5 Å². The molecule has 0 aliphatic heterocycles. The van der Waals surface area contributed by atoms with Gasteiger partial charge in [-0.1, -0.05) is 30.3 Å². The third kappa shape index (κ3) is 3.54. The first-order chi connectivity index (χ1) is 7.98. The topological polar surface area (TPSA) is 64.3 Å². The molecule has 4 heteroatoms. The summed E-state index contributed by atoms with van der Waals surface area (Å²) >= 11 is 0. The second kappa shape index (κ2) is 5.80. The largest absolute Gasteiger partial charge is 0.380 e. The van der Waals surface area contributed by atoms with Gasteiger partial charge in [0.25, 0.3) is 0 Å². The van der Waals surface area contributed by atoms with E-state index in [1.807, 2.05) is 37.3 Å². The Hall–Kier alpha value is -1.39. The van der Waals surface area contributed by atoms with Crippen molar-refractivity contribution in [1.82, 2.24) is 5.32 Å². The van der Waals surface area contributed by atoms with E-state index in [0.717, 1.165) is 5.56 Å². The van der Waals surface area contributed by atoms with E-state index in [1.54, 1.807) is 14.0 Å². The molecule has 0 spiro atoms. The summed E-state index contributed by atoms with van der Waals surface area (Å²) in [6, 6.07) is 9.32. The summed E-state index contributed by atoms with van der Waals surface area (Å²) in [6.07, 6.45) is -0.0227. The Morgan fingerprint density at radius 3 is 2.59 bits per heavy atom. The normalized spacial score (nSPS) is 16.0. The smallest absolute Gasteiger partial charge is 0.244 e. The fraction of sp³-hybridized carbons (Fsp3) is 0.462. The van der Waals surface area contributed by atoms with E-state index in [1.165, 1.54) is 0 Å². The summed E-state index contributed by atoms with van der Waals surface area (Å²) < 4.78 is 5.06. The lowest BCUT2D eigenvalue weighted by Gasteiger charge is -2.24. The molecule has 0 heterocycles. The molecule has 0 saturated carbocycles. The van der Waals surface area contributed by atoms with Crippen LogP contribution in [0.2, 0.25) is 0 Å². The van der Waals surface area contributed by atoms with Crippen molar-refractivity contribution in [3.8, 4) is 0 Å². The maximum atomic E-state index is 12.0. The van der Waals surface area contributed by atoms with E-state index in [2.05, 4.69) is 5.32 Å². The number of rotatable bonds is 5. The fourth-order valence-electron chi connectivity index (χ4n) is 1.42. The van der Waals surface area contributed by atoms with Crippen LogP contribution < -0.4 is 11.1 Å². The molecule has 0 radical (unpaired) electrons. The predicted octanol–water partition coefficient (Wildman–Crippen LogP) is 1.01. The van der Waals surface area contributed by atoms with Crippen molar-refractivity contribution < 1.29 is 9.53 Å². The number of hydrogen-bond acceptors (Lipinski definition) is 3. The van der Waals surface area contributed by atoms with Gasteiger partial charge in [-0.3, -0.25) is 4.79 Å². The third-order valence-corrected chi connectivity index (χ3v) is 2.80. The molecule has 0 fully saturated rings. The summed E-state index contributed by atoms with van der Waals surface area (Å²) in [7, 11) is 1.61. The van der Waals surface area contributed by atoms with Crippen LogP contribution in [0.25, 0.3) is 0 Å². The minimum absolute atomic E-state index is 0.0227. The molecule has 0 bridgehead atoms. The number of nitrogens with two attached hydrogens (primary N) is 1. The molecule has 2 atom stereocenters. The van der Waals surface area contributed by atoms with Crippen LogP contribution in [0.15, 0.2) is 30.3 Å². The van der Waals surface area contributed by atoms with Crippen LogP contribution in [0.4, 0.5) is 0 Å². The number of carbonyl (C=O) groups excluding carboxylic acids is 1. The van der Waals surface area contributed by atoms with Gasteiger partial charge in [0, 0.05) is 13.7 Å². The second-order valence-corrected chi connectivity index (χ2v) is 4.32. The van der Waals surface area contributed by atoms with Crippen molar-refractivity contribution in [1.29, 1.82) is 0 Å². The first-order valence-corrected chi connectivity index (χ1v) is 5.64. The molecule has 0 aliphatic carbocycles. The highest BCUT2D eigenvalue weighted by Gasteiger charge is 2.30. The SMILES string of the molecule is COC(C)CNC(=O)C(C)(N)c1ccccc1. The first-order valence-electron chi connectivity index (χ1n) is 5.64. The number of hydrogen-bond donors (Lipinski definition) is 2. The molecule has 4 nitrogen and oxygen atoms in total. The molecule has 3 N–H and O–H groups in total. The number of ether oxygens (including phenoxy) is 1. The van der Waals surface area contributed by atoms with E-state index in [9.17, 15) is 4.79 Å². The molecule has 1 rings (SSSR count). The molecule has 1 aromatic carbocycles. The van der Waals surface area contributed by atoms with Gasteiger partial charge in [-0.05, 0) is 19.4 Å². The molecule has 17 heavy (non-hydrogen) atoms. The monoisotopic (exact) mass is 236 g/mol. The lowest BCUT2D eigenvalue weighted by molar-refractivity contribution is -0.126. The predicted molar refractivity (Wildman–Crippen MR) is 67.5 cm³/mol. The van der Waals surface area contributed by atoms with E-state index >= 15 is 0 Å². The van der Waals surface area contributed by atoms with Crippen molar-refractivity contribution in [2.24, 2.45) is 5.73 Å². The molecule has 0 aromatic heterocycles. The minimum Gasteiger partial charge on any atom is -0.380 e. The standard InChI is InChI=1S/C13H20N2O2/c1-10(17-3)9-15-12(16)13(2,14)11-7-5-4-6-8-11/h4-8,10H,9,14H2,1-3H3,(H,15,16). The van der Waals surface area contributed by atoms with Crippen LogP contribution in [-0.4, -0.2) is 25.7 Å². The number of nitrogens with one attached hydrogen (secondary N) is 1. The van der Waals surface area contributed by atoms with E-state index in [-0.39, 0.29) is 12.0 Å². The average Bonchev–Trinajstić information content (AvgIpc) is 2.36. The Morgan fingerprint density at radius 1 is 1.47 bits per heavy atom. The van der Waals surface area contributed by atoms with Gasteiger partial charge in [-0.15, -0.1) is 0 Å². The Balaban J connectivity index is 2.67. The molecule has 1 amide bonds. The average molecular weight is 236 g/mol. The highest BCUT2D eigenvalue weighted by molar-refractivity contribution is 5.86. The van der Waals surface area contributed by atoms with Crippen LogP contribution in [-0.2, 0) is 15.1 Å². The van der Waals surface area contributed by atoms with Crippen molar-refractivity contribution in [2.75, 3.05) is 13.7 Å². The van der Waals surface area contributed by atoms with Crippen molar-refractivity contribution in [2.45, 2.75) is 25.5 Å². The zero-order valence-corrected chi connectivity index (χ0v) is 10.6. The summed E-state index contributed by atoms with van der Waals surface area (Å²) in [5.41, 5.74) is 5.83. The summed E-state index contributed by atoms with van der Waals surface area (Å²) in [5.74, 6) is -0.201. The van der Waals surface area contributed by atoms with Crippen molar-refractivity contribution in [3.63, 3.8) is 0 Å². The molecular weight excluding hydrogens is 216 g/mol. The van der Waals surface area contributed by atoms with Gasteiger partial charge in [-0.25, -0.2) is 0 Å². The minimum atomic E-state index is -1.02. The Kier molecular flexibility index (Phi) is 4.66. The zero-order valence-electron chi connectivity index (χ0n) is 10.6. The van der Waals surface area contributed by atoms with Gasteiger partial charge in [0.2, 0.25) is 5.91 Å². The Labute approximate surface area is 102 Å². The molecule has 1 aromatic rings. The van der Waals surface area contributed by atoms with Crippen molar-refractivity contribution in [3.05, 3.63) is 35.9 Å². The lowest BCUT2D eigenvalue weighted by atomic mass is 9.92. The molecule has 2 unspecified atom stereocenters. The van der Waals surface area contributed by atoms with Gasteiger partial charge in [-0.2, -0.15) is 0 Å². The van der Waals surface area contributed by atoms with Gasteiger partial charge in [0.15, 0.2) is 0 Å². The third-order valence-electron chi connectivity index (χ3n) is 2.80. The van der Waals surface area contributed by atoms with Gasteiger partial charge in [0.05, 0.1) is 6.10 Å².